The van der Waals surface area contributed by atoms with Gasteiger partial charge >= 0.3 is 0 Å². The maximum absolute atomic E-state index is 12.5. The van der Waals surface area contributed by atoms with Gasteiger partial charge in [-0.3, -0.25) is 4.79 Å². The third kappa shape index (κ3) is 5.54. The van der Waals surface area contributed by atoms with Crippen LogP contribution < -0.4 is 10.5 Å². The number of carbonyl (C=O) groups is 1. The van der Waals surface area contributed by atoms with Crippen LogP contribution in [-0.2, 0) is 11.2 Å². The van der Waals surface area contributed by atoms with Crippen molar-refractivity contribution in [3.05, 3.63) is 29.8 Å². The van der Waals surface area contributed by atoms with Crippen LogP contribution in [0.5, 0.6) is 5.75 Å². The number of piperidine rings is 1. The van der Waals surface area contributed by atoms with Crippen molar-refractivity contribution >= 4 is 5.91 Å². The average molecular weight is 318 g/mol. The van der Waals surface area contributed by atoms with E-state index in [2.05, 4.69) is 13.8 Å². The Bertz CT molecular complexity index is 497. The molecule has 1 aliphatic rings. The van der Waals surface area contributed by atoms with Gasteiger partial charge in [0, 0.05) is 19.1 Å². The Labute approximate surface area is 140 Å². The highest BCUT2D eigenvalue weighted by Crippen LogP contribution is 2.20. The number of likely N-dealkylation sites (tertiary alicyclic amines) is 1. The standard InChI is InChI=1S/C19H30N2O2/c1-14(2)13-23-18-8-6-16(7-9-18)11-19(22)21-10-4-5-17(12-21)15(3)20/h6-9,14-15,17H,4-5,10-13,20H2,1-3H3. The number of hydrogen-bond acceptors (Lipinski definition) is 3. The van der Waals surface area contributed by atoms with Crippen molar-refractivity contribution in [1.82, 2.24) is 4.90 Å². The van der Waals surface area contributed by atoms with Gasteiger partial charge in [-0.05, 0) is 49.3 Å². The van der Waals surface area contributed by atoms with Crippen molar-refractivity contribution in [2.45, 2.75) is 46.1 Å². The summed E-state index contributed by atoms with van der Waals surface area (Å²) in [6.45, 7) is 8.66. The molecule has 0 saturated carbocycles. The number of ether oxygens (including phenoxy) is 1. The average Bonchev–Trinajstić information content (AvgIpc) is 2.54. The summed E-state index contributed by atoms with van der Waals surface area (Å²) in [7, 11) is 0. The molecule has 128 valence electrons. The summed E-state index contributed by atoms with van der Waals surface area (Å²) in [5.41, 5.74) is 7.03. The second-order valence-corrected chi connectivity index (χ2v) is 7.13. The molecule has 0 radical (unpaired) electrons. The van der Waals surface area contributed by atoms with E-state index < -0.39 is 0 Å². The molecule has 2 unspecified atom stereocenters. The highest BCUT2D eigenvalue weighted by molar-refractivity contribution is 5.78. The van der Waals surface area contributed by atoms with Gasteiger partial charge in [-0.1, -0.05) is 26.0 Å². The lowest BCUT2D eigenvalue weighted by Gasteiger charge is -2.34. The van der Waals surface area contributed by atoms with E-state index in [1.54, 1.807) is 0 Å². The van der Waals surface area contributed by atoms with Gasteiger partial charge < -0.3 is 15.4 Å². The SMILES string of the molecule is CC(C)COc1ccc(CC(=O)N2CCCC(C(C)N)C2)cc1. The van der Waals surface area contributed by atoms with Gasteiger partial charge in [0.1, 0.15) is 5.75 Å². The highest BCUT2D eigenvalue weighted by Gasteiger charge is 2.25. The highest BCUT2D eigenvalue weighted by atomic mass is 16.5. The molecule has 1 saturated heterocycles. The molecule has 2 N–H and O–H groups in total. The van der Waals surface area contributed by atoms with Crippen LogP contribution in [0.2, 0.25) is 0 Å². The minimum atomic E-state index is 0.156. The van der Waals surface area contributed by atoms with Gasteiger partial charge in [-0.15, -0.1) is 0 Å². The first kappa shape index (κ1) is 17.8. The zero-order valence-corrected chi connectivity index (χ0v) is 14.6. The van der Waals surface area contributed by atoms with Crippen LogP contribution in [0.1, 0.15) is 39.2 Å². The molecule has 1 aromatic carbocycles. The Kier molecular flexibility index (Phi) is 6.46. The normalized spacial score (nSPS) is 19.7. The first-order valence-electron chi connectivity index (χ1n) is 8.70. The van der Waals surface area contributed by atoms with E-state index in [4.69, 9.17) is 10.5 Å². The second kappa shape index (κ2) is 8.34. The number of carbonyl (C=O) groups excluding carboxylic acids is 1. The number of benzene rings is 1. The molecule has 1 amide bonds. The molecular formula is C19H30N2O2. The predicted octanol–water partition coefficient (Wildman–Crippen LogP) is 2.85. The zero-order valence-electron chi connectivity index (χ0n) is 14.6. The monoisotopic (exact) mass is 318 g/mol. The minimum Gasteiger partial charge on any atom is -0.493 e. The predicted molar refractivity (Wildman–Crippen MR) is 93.4 cm³/mol. The van der Waals surface area contributed by atoms with Crippen molar-refractivity contribution in [2.75, 3.05) is 19.7 Å². The number of nitrogens with two attached hydrogens (primary N) is 1. The van der Waals surface area contributed by atoms with Crippen LogP contribution in [-0.4, -0.2) is 36.5 Å². The summed E-state index contributed by atoms with van der Waals surface area (Å²) in [5, 5.41) is 0. The summed E-state index contributed by atoms with van der Waals surface area (Å²) < 4.78 is 5.67. The molecule has 0 bridgehead atoms. The Hall–Kier alpha value is -1.55. The van der Waals surface area contributed by atoms with Crippen LogP contribution >= 0.6 is 0 Å². The van der Waals surface area contributed by atoms with Gasteiger partial charge in [0.05, 0.1) is 13.0 Å². The first-order valence-corrected chi connectivity index (χ1v) is 8.70. The maximum atomic E-state index is 12.5. The third-order valence-electron chi connectivity index (χ3n) is 4.42. The van der Waals surface area contributed by atoms with Gasteiger partial charge in [0.2, 0.25) is 5.91 Å². The van der Waals surface area contributed by atoms with E-state index >= 15 is 0 Å². The summed E-state index contributed by atoms with van der Waals surface area (Å²) in [4.78, 5) is 14.5. The molecule has 2 rings (SSSR count). The van der Waals surface area contributed by atoms with E-state index in [0.29, 0.717) is 24.9 Å². The van der Waals surface area contributed by atoms with Gasteiger partial charge in [-0.2, -0.15) is 0 Å². The topological polar surface area (TPSA) is 55.6 Å². The molecule has 23 heavy (non-hydrogen) atoms. The first-order chi connectivity index (χ1) is 11.0. The molecule has 4 heteroatoms. The number of rotatable bonds is 6. The van der Waals surface area contributed by atoms with Gasteiger partial charge in [0.25, 0.3) is 0 Å². The van der Waals surface area contributed by atoms with Gasteiger partial charge in [0.15, 0.2) is 0 Å². The van der Waals surface area contributed by atoms with Crippen molar-refractivity contribution in [2.24, 2.45) is 17.6 Å². The maximum Gasteiger partial charge on any atom is 0.226 e. The fourth-order valence-electron chi connectivity index (χ4n) is 2.92. The quantitative estimate of drug-likeness (QED) is 0.877. The van der Waals surface area contributed by atoms with Crippen LogP contribution in [0.3, 0.4) is 0 Å². The lowest BCUT2D eigenvalue weighted by molar-refractivity contribution is -0.132. The smallest absolute Gasteiger partial charge is 0.226 e. The molecular weight excluding hydrogens is 288 g/mol. The van der Waals surface area contributed by atoms with Crippen LogP contribution in [0.15, 0.2) is 24.3 Å². The lowest BCUT2D eigenvalue weighted by Crippen LogP contribution is -2.45. The number of hydrogen-bond donors (Lipinski definition) is 1. The Morgan fingerprint density at radius 1 is 1.30 bits per heavy atom. The van der Waals surface area contributed by atoms with Crippen LogP contribution in [0.25, 0.3) is 0 Å². The Morgan fingerprint density at radius 3 is 2.61 bits per heavy atom. The molecule has 1 aliphatic heterocycles. The molecule has 0 aliphatic carbocycles. The van der Waals surface area contributed by atoms with Crippen molar-refractivity contribution in [3.8, 4) is 5.75 Å². The van der Waals surface area contributed by atoms with Gasteiger partial charge in [-0.25, -0.2) is 0 Å². The number of nitrogens with zero attached hydrogens (tertiary/aromatic N) is 1. The molecule has 1 heterocycles. The molecule has 0 aromatic heterocycles. The zero-order chi connectivity index (χ0) is 16.8. The molecule has 1 fully saturated rings. The van der Waals surface area contributed by atoms with E-state index in [0.717, 1.165) is 37.2 Å². The summed E-state index contributed by atoms with van der Waals surface area (Å²) in [5.74, 6) is 2.00. The van der Waals surface area contributed by atoms with Crippen LogP contribution in [0.4, 0.5) is 0 Å². The summed E-state index contributed by atoms with van der Waals surface area (Å²) >= 11 is 0. The van der Waals surface area contributed by atoms with E-state index in [9.17, 15) is 4.79 Å². The van der Waals surface area contributed by atoms with E-state index in [-0.39, 0.29) is 11.9 Å². The Morgan fingerprint density at radius 2 is 2.00 bits per heavy atom. The fraction of sp³-hybridized carbons (Fsp3) is 0.632. The van der Waals surface area contributed by atoms with E-state index in [1.165, 1.54) is 0 Å². The molecule has 4 nitrogen and oxygen atoms in total. The minimum absolute atomic E-state index is 0.156. The Balaban J connectivity index is 1.87. The van der Waals surface area contributed by atoms with Crippen molar-refractivity contribution < 1.29 is 9.53 Å². The third-order valence-corrected chi connectivity index (χ3v) is 4.42. The summed E-state index contributed by atoms with van der Waals surface area (Å²) in [6.07, 6.45) is 2.64. The van der Waals surface area contributed by atoms with Crippen molar-refractivity contribution in [1.29, 1.82) is 0 Å². The van der Waals surface area contributed by atoms with Crippen molar-refractivity contribution in [3.63, 3.8) is 0 Å². The molecule has 2 atom stereocenters. The van der Waals surface area contributed by atoms with E-state index in [1.807, 2.05) is 36.1 Å². The largest absolute Gasteiger partial charge is 0.493 e. The summed E-state index contributed by atoms with van der Waals surface area (Å²) in [6, 6.07) is 8.03. The molecule has 1 aromatic rings. The molecule has 0 spiro atoms. The fourth-order valence-corrected chi connectivity index (χ4v) is 2.92. The van der Waals surface area contributed by atoms with Crippen LogP contribution in [0, 0.1) is 11.8 Å². The number of amides is 1. The second-order valence-electron chi connectivity index (χ2n) is 7.13. The lowest BCUT2D eigenvalue weighted by atomic mass is 9.92.